The van der Waals surface area contributed by atoms with Crippen molar-refractivity contribution in [2.24, 2.45) is 0 Å². The van der Waals surface area contributed by atoms with Gasteiger partial charge in [0, 0.05) is 35.4 Å². The molecular weight excluding hydrogens is 360 g/mol. The Hall–Kier alpha value is -2.79. The van der Waals surface area contributed by atoms with Gasteiger partial charge in [0.2, 0.25) is 0 Å². The number of carbonyl (C=O) groups excluding carboxylic acids is 1. The zero-order valence-corrected chi connectivity index (χ0v) is 16.8. The molecule has 29 heavy (non-hydrogen) atoms. The van der Waals surface area contributed by atoms with Crippen molar-refractivity contribution in [2.45, 2.75) is 44.7 Å². The Bertz CT molecular complexity index is 1050. The number of hydrogen-bond acceptors (Lipinski definition) is 4. The number of piperidine rings is 1. The molecule has 2 atom stereocenters. The van der Waals surface area contributed by atoms with Crippen LogP contribution in [-0.4, -0.2) is 45.9 Å². The summed E-state index contributed by atoms with van der Waals surface area (Å²) in [6.07, 6.45) is 8.17. The fourth-order valence-corrected chi connectivity index (χ4v) is 4.90. The first kappa shape index (κ1) is 18.3. The Morgan fingerprint density at radius 2 is 2.00 bits per heavy atom. The van der Waals surface area contributed by atoms with Crippen LogP contribution >= 0.6 is 0 Å². The second-order valence-electron chi connectivity index (χ2n) is 8.29. The molecule has 2 aromatic heterocycles. The molecule has 1 aromatic carbocycles. The van der Waals surface area contributed by atoms with E-state index in [1.165, 1.54) is 25.9 Å². The molecule has 148 valence electrons. The Morgan fingerprint density at radius 1 is 1.14 bits per heavy atom. The number of aromatic nitrogens is 2. The lowest BCUT2D eigenvalue weighted by Crippen LogP contribution is -2.52. The predicted octanol–water partition coefficient (Wildman–Crippen LogP) is 3.96. The highest BCUT2D eigenvalue weighted by Gasteiger charge is 2.35. The van der Waals surface area contributed by atoms with Crippen LogP contribution in [-0.2, 0) is 0 Å². The summed E-state index contributed by atoms with van der Waals surface area (Å²) < 4.78 is 0. The molecular formula is C24H26N4O. The molecule has 0 spiro atoms. The fourth-order valence-electron chi connectivity index (χ4n) is 4.90. The molecule has 5 nitrogen and oxygen atoms in total. The Balaban J connectivity index is 1.53. The quantitative estimate of drug-likeness (QED) is 0.740. The highest BCUT2D eigenvalue weighted by atomic mass is 16.1. The van der Waals surface area contributed by atoms with Gasteiger partial charge in [-0.05, 0) is 76.0 Å². The summed E-state index contributed by atoms with van der Waals surface area (Å²) in [5.74, 6) is 0.00638. The molecule has 3 aromatic rings. The number of fused-ring (bicyclic) bond motifs is 2. The summed E-state index contributed by atoms with van der Waals surface area (Å²) in [5, 5.41) is 4.28. The van der Waals surface area contributed by atoms with E-state index in [4.69, 9.17) is 4.98 Å². The first-order valence-corrected chi connectivity index (χ1v) is 10.6. The molecule has 2 saturated heterocycles. The monoisotopic (exact) mass is 386 g/mol. The van der Waals surface area contributed by atoms with E-state index in [1.54, 1.807) is 12.4 Å². The molecule has 0 saturated carbocycles. The minimum atomic E-state index is 0.00638. The van der Waals surface area contributed by atoms with Crippen molar-refractivity contribution in [3.05, 3.63) is 59.9 Å². The number of carbonyl (C=O) groups is 1. The maximum atomic E-state index is 13.4. The number of amides is 1. The van der Waals surface area contributed by atoms with Crippen LogP contribution in [0.4, 0.5) is 0 Å². The maximum Gasteiger partial charge on any atom is 0.252 e. The zero-order chi connectivity index (χ0) is 19.8. The molecule has 2 aliphatic rings. The topological polar surface area (TPSA) is 58.1 Å². The normalized spacial score (nSPS) is 21.8. The fraction of sp³-hybridized carbons (Fsp3) is 0.375. The van der Waals surface area contributed by atoms with E-state index in [9.17, 15) is 4.79 Å². The summed E-state index contributed by atoms with van der Waals surface area (Å²) >= 11 is 0. The van der Waals surface area contributed by atoms with Gasteiger partial charge in [-0.3, -0.25) is 14.7 Å². The molecule has 5 rings (SSSR count). The van der Waals surface area contributed by atoms with Gasteiger partial charge in [0.1, 0.15) is 0 Å². The zero-order valence-electron chi connectivity index (χ0n) is 16.8. The van der Waals surface area contributed by atoms with Crippen molar-refractivity contribution in [1.29, 1.82) is 0 Å². The largest absolute Gasteiger partial charge is 0.348 e. The Labute approximate surface area is 171 Å². The van der Waals surface area contributed by atoms with Crippen molar-refractivity contribution < 1.29 is 4.79 Å². The van der Waals surface area contributed by atoms with E-state index >= 15 is 0 Å². The van der Waals surface area contributed by atoms with Gasteiger partial charge in [0.25, 0.3) is 5.91 Å². The van der Waals surface area contributed by atoms with Crippen molar-refractivity contribution in [3.8, 4) is 11.3 Å². The van der Waals surface area contributed by atoms with E-state index in [0.29, 0.717) is 11.6 Å². The van der Waals surface area contributed by atoms with Gasteiger partial charge in [-0.2, -0.15) is 0 Å². The van der Waals surface area contributed by atoms with E-state index in [2.05, 4.69) is 21.3 Å². The molecule has 1 amide bonds. The minimum absolute atomic E-state index is 0.00638. The van der Waals surface area contributed by atoms with Gasteiger partial charge in [-0.25, -0.2) is 4.98 Å². The van der Waals surface area contributed by atoms with E-state index in [0.717, 1.165) is 40.6 Å². The van der Waals surface area contributed by atoms with Crippen LogP contribution < -0.4 is 5.32 Å². The highest BCUT2D eigenvalue weighted by Crippen LogP contribution is 2.29. The minimum Gasteiger partial charge on any atom is -0.348 e. The van der Waals surface area contributed by atoms with E-state index in [1.807, 2.05) is 37.3 Å². The molecule has 4 heterocycles. The van der Waals surface area contributed by atoms with Gasteiger partial charge in [0.15, 0.2) is 0 Å². The van der Waals surface area contributed by atoms with Crippen LogP contribution in [0, 0.1) is 6.92 Å². The molecule has 0 bridgehead atoms. The number of nitrogens with zero attached hydrogens (tertiary/aromatic N) is 3. The molecule has 1 N–H and O–H groups in total. The lowest BCUT2D eigenvalue weighted by Gasteiger charge is -2.37. The van der Waals surface area contributed by atoms with Crippen molar-refractivity contribution in [2.75, 3.05) is 13.1 Å². The third kappa shape index (κ3) is 3.51. The van der Waals surface area contributed by atoms with Crippen molar-refractivity contribution in [3.63, 3.8) is 0 Å². The lowest BCUT2D eigenvalue weighted by atomic mass is 9.95. The predicted molar refractivity (Wildman–Crippen MR) is 115 cm³/mol. The third-order valence-corrected chi connectivity index (χ3v) is 6.32. The molecule has 2 fully saturated rings. The van der Waals surface area contributed by atoms with Gasteiger partial charge >= 0.3 is 0 Å². The Morgan fingerprint density at radius 3 is 2.83 bits per heavy atom. The first-order valence-electron chi connectivity index (χ1n) is 10.6. The standard InChI is InChI=1S/C24H26N4O/c1-16-8-9-20-18(13-16)19(14-22(26-20)17-5-2-10-25-15-17)24(29)27-21-6-3-11-28-12-4-7-23(21)28/h2,5,8-10,13-15,21,23H,3-4,6-7,11-12H2,1H3,(H,27,29)/t21-,23-/m0/s1. The number of aryl methyl sites for hydroxylation is 1. The van der Waals surface area contributed by atoms with Crippen LogP contribution in [0.5, 0.6) is 0 Å². The number of benzene rings is 1. The first-order chi connectivity index (χ1) is 14.2. The summed E-state index contributed by atoms with van der Waals surface area (Å²) in [4.78, 5) is 25.0. The maximum absolute atomic E-state index is 13.4. The highest BCUT2D eigenvalue weighted by molar-refractivity contribution is 6.07. The number of rotatable bonds is 3. The molecule has 0 unspecified atom stereocenters. The number of pyridine rings is 2. The van der Waals surface area contributed by atoms with Crippen LogP contribution in [0.15, 0.2) is 48.8 Å². The van der Waals surface area contributed by atoms with Gasteiger partial charge in [-0.1, -0.05) is 11.6 Å². The Kier molecular flexibility index (Phi) is 4.76. The average molecular weight is 386 g/mol. The summed E-state index contributed by atoms with van der Waals surface area (Å²) in [6, 6.07) is 12.6. The smallest absolute Gasteiger partial charge is 0.252 e. The van der Waals surface area contributed by atoms with Crippen LogP contribution in [0.1, 0.15) is 41.6 Å². The molecule has 5 heteroatoms. The summed E-state index contributed by atoms with van der Waals surface area (Å²) in [7, 11) is 0. The number of nitrogens with one attached hydrogen (secondary N) is 1. The van der Waals surface area contributed by atoms with Crippen LogP contribution in [0.2, 0.25) is 0 Å². The van der Waals surface area contributed by atoms with Crippen molar-refractivity contribution >= 4 is 16.8 Å². The molecule has 0 aliphatic carbocycles. The van der Waals surface area contributed by atoms with Gasteiger partial charge in [0.05, 0.1) is 16.8 Å². The van der Waals surface area contributed by atoms with Gasteiger partial charge in [-0.15, -0.1) is 0 Å². The average Bonchev–Trinajstić information content (AvgIpc) is 3.23. The second-order valence-corrected chi connectivity index (χ2v) is 8.29. The summed E-state index contributed by atoms with van der Waals surface area (Å²) in [5.41, 5.74) is 4.37. The lowest BCUT2D eigenvalue weighted by molar-refractivity contribution is 0.0869. The van der Waals surface area contributed by atoms with Gasteiger partial charge < -0.3 is 5.32 Å². The second kappa shape index (κ2) is 7.56. The third-order valence-electron chi connectivity index (χ3n) is 6.32. The molecule has 2 aliphatic heterocycles. The van der Waals surface area contributed by atoms with E-state index < -0.39 is 0 Å². The summed E-state index contributed by atoms with van der Waals surface area (Å²) in [6.45, 7) is 4.38. The van der Waals surface area contributed by atoms with Crippen molar-refractivity contribution in [1.82, 2.24) is 20.2 Å². The molecule has 0 radical (unpaired) electrons. The van der Waals surface area contributed by atoms with E-state index in [-0.39, 0.29) is 11.9 Å². The van der Waals surface area contributed by atoms with Crippen LogP contribution in [0.25, 0.3) is 22.2 Å². The SMILES string of the molecule is Cc1ccc2nc(-c3cccnc3)cc(C(=O)N[C@H]3CCCN4CCC[C@@H]34)c2c1. The number of hydrogen-bond donors (Lipinski definition) is 1. The van der Waals surface area contributed by atoms with Crippen LogP contribution in [0.3, 0.4) is 0 Å².